The lowest BCUT2D eigenvalue weighted by atomic mass is 9.80. The van der Waals surface area contributed by atoms with Gasteiger partial charge >= 0.3 is 0 Å². The third-order valence-corrected chi connectivity index (χ3v) is 2.92. The van der Waals surface area contributed by atoms with E-state index in [4.69, 9.17) is 11.0 Å². The van der Waals surface area contributed by atoms with Crippen molar-refractivity contribution in [1.82, 2.24) is 4.98 Å². The fourth-order valence-corrected chi connectivity index (χ4v) is 1.67. The molecule has 1 aliphatic rings. The average molecular weight is 218 g/mol. The van der Waals surface area contributed by atoms with Gasteiger partial charge in [-0.1, -0.05) is 0 Å². The van der Waals surface area contributed by atoms with E-state index in [1.807, 2.05) is 6.07 Å². The number of hydrogen-bond acceptors (Lipinski definition) is 5. The van der Waals surface area contributed by atoms with E-state index in [0.717, 1.165) is 19.3 Å². The molecule has 0 amide bonds. The molecule has 1 aliphatic carbocycles. The molecule has 1 aromatic heterocycles. The van der Waals surface area contributed by atoms with E-state index in [2.05, 4.69) is 10.3 Å². The largest absolute Gasteiger partial charge is 0.396 e. The number of pyridine rings is 1. The minimum atomic E-state index is -0.601. The number of nitriles is 1. The first-order valence-electron chi connectivity index (χ1n) is 5.26. The predicted molar refractivity (Wildman–Crippen MR) is 60.7 cm³/mol. The minimum Gasteiger partial charge on any atom is -0.396 e. The molecule has 4 N–H and O–H groups in total. The number of nitrogens with two attached hydrogens (primary N) is 1. The summed E-state index contributed by atoms with van der Waals surface area (Å²) in [7, 11) is 0. The van der Waals surface area contributed by atoms with Crippen LogP contribution in [0.3, 0.4) is 0 Å². The van der Waals surface area contributed by atoms with Gasteiger partial charge in [-0.05, 0) is 31.4 Å². The lowest BCUT2D eigenvalue weighted by Gasteiger charge is -2.36. The van der Waals surface area contributed by atoms with Crippen LogP contribution >= 0.6 is 0 Å². The maximum Gasteiger partial charge on any atom is 0.165 e. The second-order valence-corrected chi connectivity index (χ2v) is 4.18. The predicted octanol–water partition coefficient (Wildman–Crippen LogP) is 0.862. The monoisotopic (exact) mass is 218 g/mol. The Labute approximate surface area is 93.9 Å². The fourth-order valence-electron chi connectivity index (χ4n) is 1.67. The maximum atomic E-state index is 9.87. The Balaban J connectivity index is 2.02. The first kappa shape index (κ1) is 10.7. The van der Waals surface area contributed by atoms with Crippen LogP contribution < -0.4 is 11.1 Å². The number of anilines is 2. The van der Waals surface area contributed by atoms with Gasteiger partial charge in [0, 0.05) is 6.54 Å². The highest BCUT2D eigenvalue weighted by Crippen LogP contribution is 2.31. The highest BCUT2D eigenvalue weighted by Gasteiger charge is 2.33. The molecule has 0 unspecified atom stereocenters. The second-order valence-electron chi connectivity index (χ2n) is 4.18. The van der Waals surface area contributed by atoms with Crippen LogP contribution in [0.25, 0.3) is 0 Å². The van der Waals surface area contributed by atoms with Crippen molar-refractivity contribution in [3.05, 3.63) is 17.8 Å². The van der Waals surface area contributed by atoms with Gasteiger partial charge in [-0.15, -0.1) is 0 Å². The van der Waals surface area contributed by atoms with Crippen molar-refractivity contribution in [1.29, 1.82) is 5.26 Å². The van der Waals surface area contributed by atoms with E-state index in [1.54, 1.807) is 12.1 Å². The summed E-state index contributed by atoms with van der Waals surface area (Å²) in [6.45, 7) is 0.467. The summed E-state index contributed by atoms with van der Waals surface area (Å²) in [5.74, 6) is 0.575. The maximum absolute atomic E-state index is 9.87. The number of rotatable bonds is 3. The molecule has 5 heteroatoms. The van der Waals surface area contributed by atoms with E-state index in [-0.39, 0.29) is 5.69 Å². The molecule has 1 fully saturated rings. The second kappa shape index (κ2) is 3.99. The molecule has 0 aliphatic heterocycles. The Bertz CT molecular complexity index is 434. The molecular formula is C11H14N4O. The molecule has 5 nitrogen and oxygen atoms in total. The molecule has 0 aromatic carbocycles. The molecule has 0 saturated heterocycles. The van der Waals surface area contributed by atoms with Crippen LogP contribution in [0.1, 0.15) is 25.0 Å². The quantitative estimate of drug-likeness (QED) is 0.699. The Kier molecular flexibility index (Phi) is 2.67. The Morgan fingerprint density at radius 3 is 2.88 bits per heavy atom. The van der Waals surface area contributed by atoms with E-state index in [1.165, 1.54) is 0 Å². The smallest absolute Gasteiger partial charge is 0.165 e. The zero-order valence-corrected chi connectivity index (χ0v) is 8.90. The van der Waals surface area contributed by atoms with Gasteiger partial charge in [-0.3, -0.25) is 0 Å². The summed E-state index contributed by atoms with van der Waals surface area (Å²) in [6.07, 6.45) is 2.71. The van der Waals surface area contributed by atoms with Gasteiger partial charge in [-0.25, -0.2) is 4.98 Å². The molecule has 2 rings (SSSR count). The number of aliphatic hydroxyl groups is 1. The van der Waals surface area contributed by atoms with Crippen molar-refractivity contribution >= 4 is 11.5 Å². The molecule has 0 radical (unpaired) electrons. The third kappa shape index (κ3) is 2.07. The summed E-state index contributed by atoms with van der Waals surface area (Å²) >= 11 is 0. The number of aromatic nitrogens is 1. The fraction of sp³-hybridized carbons (Fsp3) is 0.455. The molecule has 0 spiro atoms. The zero-order chi connectivity index (χ0) is 11.6. The number of nitrogens with zero attached hydrogens (tertiary/aromatic N) is 2. The van der Waals surface area contributed by atoms with Crippen LogP contribution in [0.5, 0.6) is 0 Å². The molecule has 0 bridgehead atoms. The summed E-state index contributed by atoms with van der Waals surface area (Å²) in [5.41, 5.74) is 5.54. The van der Waals surface area contributed by atoms with Crippen molar-refractivity contribution in [2.75, 3.05) is 17.6 Å². The van der Waals surface area contributed by atoms with Crippen LogP contribution in [0.4, 0.5) is 11.5 Å². The van der Waals surface area contributed by atoms with E-state index in [9.17, 15) is 5.11 Å². The van der Waals surface area contributed by atoms with Gasteiger partial charge in [0.25, 0.3) is 0 Å². The van der Waals surface area contributed by atoms with Crippen LogP contribution in [0, 0.1) is 11.3 Å². The van der Waals surface area contributed by atoms with Crippen molar-refractivity contribution in [2.45, 2.75) is 24.9 Å². The number of nitrogens with one attached hydrogen (secondary N) is 1. The zero-order valence-electron chi connectivity index (χ0n) is 8.90. The first-order chi connectivity index (χ1) is 7.63. The average Bonchev–Trinajstić information content (AvgIpc) is 2.25. The molecule has 1 saturated carbocycles. The highest BCUT2D eigenvalue weighted by atomic mass is 16.3. The molecule has 16 heavy (non-hydrogen) atoms. The third-order valence-electron chi connectivity index (χ3n) is 2.92. The van der Waals surface area contributed by atoms with Gasteiger partial charge in [-0.2, -0.15) is 5.26 Å². The number of nitrogen functional groups attached to an aromatic ring is 1. The van der Waals surface area contributed by atoms with Gasteiger partial charge in [0.05, 0.1) is 11.3 Å². The van der Waals surface area contributed by atoms with Crippen LogP contribution in [-0.4, -0.2) is 22.2 Å². The molecule has 1 heterocycles. The molecule has 0 atom stereocenters. The van der Waals surface area contributed by atoms with Gasteiger partial charge in [0.1, 0.15) is 11.9 Å². The highest BCUT2D eigenvalue weighted by molar-refractivity contribution is 5.54. The van der Waals surface area contributed by atoms with Crippen molar-refractivity contribution in [3.8, 4) is 6.07 Å². The van der Waals surface area contributed by atoms with Crippen molar-refractivity contribution < 1.29 is 5.11 Å². The van der Waals surface area contributed by atoms with Crippen LogP contribution in [0.15, 0.2) is 12.1 Å². The summed E-state index contributed by atoms with van der Waals surface area (Å²) < 4.78 is 0. The molecule has 84 valence electrons. The minimum absolute atomic E-state index is 0.214. The van der Waals surface area contributed by atoms with E-state index in [0.29, 0.717) is 18.1 Å². The normalized spacial score (nSPS) is 17.2. The SMILES string of the molecule is N#Cc1nc(NCC2(O)CCC2)ccc1N. The first-order valence-corrected chi connectivity index (χ1v) is 5.26. The van der Waals surface area contributed by atoms with Gasteiger partial charge in [0.2, 0.25) is 0 Å². The van der Waals surface area contributed by atoms with Crippen LogP contribution in [0.2, 0.25) is 0 Å². The van der Waals surface area contributed by atoms with Crippen molar-refractivity contribution in [2.24, 2.45) is 0 Å². The topological polar surface area (TPSA) is 95.0 Å². The Morgan fingerprint density at radius 1 is 1.56 bits per heavy atom. The summed E-state index contributed by atoms with van der Waals surface area (Å²) in [4.78, 5) is 4.04. The molecular weight excluding hydrogens is 204 g/mol. The van der Waals surface area contributed by atoms with Gasteiger partial charge < -0.3 is 16.2 Å². The lowest BCUT2D eigenvalue weighted by molar-refractivity contribution is -0.0202. The summed E-state index contributed by atoms with van der Waals surface area (Å²) in [6, 6.07) is 5.27. The van der Waals surface area contributed by atoms with E-state index < -0.39 is 5.60 Å². The Morgan fingerprint density at radius 2 is 2.31 bits per heavy atom. The van der Waals surface area contributed by atoms with Crippen molar-refractivity contribution in [3.63, 3.8) is 0 Å². The van der Waals surface area contributed by atoms with Crippen LogP contribution in [-0.2, 0) is 0 Å². The lowest BCUT2D eigenvalue weighted by Crippen LogP contribution is -2.43. The summed E-state index contributed by atoms with van der Waals surface area (Å²) in [5, 5.41) is 21.7. The number of hydrogen-bond donors (Lipinski definition) is 3. The molecule has 1 aromatic rings. The standard InChI is InChI=1S/C11H14N4O/c12-6-9-8(13)2-3-10(15-9)14-7-11(16)4-1-5-11/h2-3,16H,1,4-5,7,13H2,(H,14,15). The van der Waals surface area contributed by atoms with Gasteiger partial charge in [0.15, 0.2) is 5.69 Å². The Hall–Kier alpha value is -1.80. The van der Waals surface area contributed by atoms with E-state index >= 15 is 0 Å².